The van der Waals surface area contributed by atoms with Crippen LogP contribution in [0.3, 0.4) is 0 Å². The minimum atomic E-state index is -3.48. The summed E-state index contributed by atoms with van der Waals surface area (Å²) in [6, 6.07) is 4.42. The van der Waals surface area contributed by atoms with Crippen molar-refractivity contribution in [3.8, 4) is 11.5 Å². The second-order valence-electron chi connectivity index (χ2n) is 8.90. The number of thioether (sulfide) groups is 1. The summed E-state index contributed by atoms with van der Waals surface area (Å²) in [6.45, 7) is 8.21. The molecule has 0 fully saturated rings. The maximum absolute atomic E-state index is 12.7. The SMILES string of the molecule is CC(C)(C)OC(=O)N[C@H]1CSc2ccc(-c3nnc(C(C)(C)S(C)(=O)=O)o3)cc2NC1=O. The van der Waals surface area contributed by atoms with Crippen LogP contribution in [0.2, 0.25) is 0 Å². The van der Waals surface area contributed by atoms with Crippen molar-refractivity contribution in [2.75, 3.05) is 17.3 Å². The Labute approximate surface area is 190 Å². The van der Waals surface area contributed by atoms with Gasteiger partial charge in [0.05, 0.1) is 5.69 Å². The minimum Gasteiger partial charge on any atom is -0.444 e. The number of nitrogens with one attached hydrogen (secondary N) is 2. The van der Waals surface area contributed by atoms with Gasteiger partial charge in [-0.3, -0.25) is 4.79 Å². The zero-order valence-electron chi connectivity index (χ0n) is 18.7. The van der Waals surface area contributed by atoms with Gasteiger partial charge in [0.25, 0.3) is 0 Å². The fraction of sp³-hybridized carbons (Fsp3) is 0.500. The summed E-state index contributed by atoms with van der Waals surface area (Å²) in [5.74, 6) is 0.0464. The van der Waals surface area contributed by atoms with Crippen LogP contribution < -0.4 is 10.6 Å². The molecule has 1 aliphatic heterocycles. The molecule has 1 aromatic carbocycles. The van der Waals surface area contributed by atoms with Crippen LogP contribution in [0.25, 0.3) is 11.5 Å². The average molecular weight is 483 g/mol. The molecule has 2 N–H and O–H groups in total. The van der Waals surface area contributed by atoms with Gasteiger partial charge in [0.2, 0.25) is 17.7 Å². The highest BCUT2D eigenvalue weighted by atomic mass is 32.2. The number of carbonyl (C=O) groups excluding carboxylic acids is 2. The van der Waals surface area contributed by atoms with E-state index < -0.39 is 32.3 Å². The first-order valence-electron chi connectivity index (χ1n) is 9.78. The van der Waals surface area contributed by atoms with Crippen LogP contribution >= 0.6 is 11.8 Å². The van der Waals surface area contributed by atoms with E-state index in [9.17, 15) is 18.0 Å². The third-order valence-electron chi connectivity index (χ3n) is 4.76. The van der Waals surface area contributed by atoms with E-state index in [1.807, 2.05) is 0 Å². The third-order valence-corrected chi connectivity index (χ3v) is 7.96. The number of amides is 2. The summed E-state index contributed by atoms with van der Waals surface area (Å²) in [6.07, 6.45) is 0.435. The fourth-order valence-electron chi connectivity index (χ4n) is 2.65. The van der Waals surface area contributed by atoms with Crippen molar-refractivity contribution in [3.63, 3.8) is 0 Å². The van der Waals surface area contributed by atoms with Crippen molar-refractivity contribution in [1.82, 2.24) is 15.5 Å². The number of sulfone groups is 1. The van der Waals surface area contributed by atoms with Gasteiger partial charge < -0.3 is 19.8 Å². The second kappa shape index (κ2) is 8.39. The highest BCUT2D eigenvalue weighted by Gasteiger charge is 2.38. The molecule has 0 saturated carbocycles. The average Bonchev–Trinajstić information content (AvgIpc) is 3.08. The number of benzene rings is 1. The first-order chi connectivity index (χ1) is 14.7. The molecule has 12 heteroatoms. The van der Waals surface area contributed by atoms with E-state index >= 15 is 0 Å². The lowest BCUT2D eigenvalue weighted by Gasteiger charge is -2.22. The number of aromatic nitrogens is 2. The van der Waals surface area contributed by atoms with Crippen LogP contribution in [-0.2, 0) is 24.1 Å². The monoisotopic (exact) mass is 482 g/mol. The van der Waals surface area contributed by atoms with Crippen LogP contribution in [-0.4, -0.2) is 54.3 Å². The summed E-state index contributed by atoms with van der Waals surface area (Å²) >= 11 is 1.40. The molecule has 0 unspecified atom stereocenters. The number of anilines is 1. The maximum atomic E-state index is 12.7. The van der Waals surface area contributed by atoms with Crippen LogP contribution in [0, 0.1) is 0 Å². The molecule has 2 heterocycles. The van der Waals surface area contributed by atoms with Gasteiger partial charge in [0.15, 0.2) is 9.84 Å². The number of nitrogens with zero attached hydrogens (tertiary/aromatic N) is 2. The molecular formula is C20H26N4O6S2. The van der Waals surface area contributed by atoms with E-state index in [0.717, 1.165) is 11.2 Å². The Balaban J connectivity index is 1.80. The van der Waals surface area contributed by atoms with E-state index in [-0.39, 0.29) is 17.7 Å². The molecule has 1 atom stereocenters. The highest BCUT2D eigenvalue weighted by molar-refractivity contribution is 7.99. The van der Waals surface area contributed by atoms with E-state index in [1.54, 1.807) is 39.0 Å². The Kier molecular flexibility index (Phi) is 6.31. The molecule has 0 radical (unpaired) electrons. The van der Waals surface area contributed by atoms with E-state index in [2.05, 4.69) is 20.8 Å². The van der Waals surface area contributed by atoms with Gasteiger partial charge in [-0.15, -0.1) is 22.0 Å². The molecule has 10 nitrogen and oxygen atoms in total. The molecule has 0 spiro atoms. The fourth-order valence-corrected chi connectivity index (χ4v) is 4.06. The topological polar surface area (TPSA) is 140 Å². The van der Waals surface area contributed by atoms with Crippen molar-refractivity contribution in [2.24, 2.45) is 0 Å². The lowest BCUT2D eigenvalue weighted by Crippen LogP contribution is -2.46. The minimum absolute atomic E-state index is 0.0232. The van der Waals surface area contributed by atoms with Gasteiger partial charge in [0.1, 0.15) is 16.4 Å². The third kappa shape index (κ3) is 5.23. The van der Waals surface area contributed by atoms with Crippen LogP contribution in [0.1, 0.15) is 40.5 Å². The molecule has 2 aromatic rings. The van der Waals surface area contributed by atoms with E-state index in [4.69, 9.17) is 9.15 Å². The Morgan fingerprint density at radius 2 is 1.94 bits per heavy atom. The smallest absolute Gasteiger partial charge is 0.408 e. The van der Waals surface area contributed by atoms with Crippen molar-refractivity contribution < 1.29 is 27.2 Å². The first kappa shape index (κ1) is 24.1. The second-order valence-corrected chi connectivity index (χ2v) is 12.5. The zero-order chi connectivity index (χ0) is 23.9. The summed E-state index contributed by atoms with van der Waals surface area (Å²) in [7, 11) is -3.48. The first-order valence-corrected chi connectivity index (χ1v) is 12.7. The number of fused-ring (bicyclic) bond motifs is 1. The quantitative estimate of drug-likeness (QED) is 0.673. The molecular weight excluding hydrogens is 456 g/mol. The molecule has 0 bridgehead atoms. The maximum Gasteiger partial charge on any atom is 0.408 e. The summed E-state index contributed by atoms with van der Waals surface area (Å²) in [5, 5.41) is 13.3. The normalized spacial score (nSPS) is 17.2. The van der Waals surface area contributed by atoms with Crippen molar-refractivity contribution in [1.29, 1.82) is 0 Å². The molecule has 0 aliphatic carbocycles. The van der Waals surface area contributed by atoms with Gasteiger partial charge in [-0.25, -0.2) is 13.2 Å². The molecule has 2 amide bonds. The molecule has 1 aromatic heterocycles. The van der Waals surface area contributed by atoms with Gasteiger partial charge in [-0.1, -0.05) is 0 Å². The Morgan fingerprint density at radius 1 is 1.25 bits per heavy atom. The van der Waals surface area contributed by atoms with E-state index in [1.165, 1.54) is 25.6 Å². The van der Waals surface area contributed by atoms with Crippen molar-refractivity contribution >= 4 is 39.3 Å². The molecule has 1 aliphatic rings. The number of rotatable bonds is 4. The lowest BCUT2D eigenvalue weighted by atomic mass is 10.2. The number of alkyl carbamates (subject to hydrolysis) is 1. The van der Waals surface area contributed by atoms with Gasteiger partial charge >= 0.3 is 6.09 Å². The zero-order valence-corrected chi connectivity index (χ0v) is 20.3. The van der Waals surface area contributed by atoms with Gasteiger partial charge in [0, 0.05) is 22.5 Å². The molecule has 32 heavy (non-hydrogen) atoms. The number of carbonyl (C=O) groups is 2. The molecule has 0 saturated heterocycles. The predicted octanol–water partition coefficient (Wildman–Crippen LogP) is 2.95. The van der Waals surface area contributed by atoms with E-state index in [0.29, 0.717) is 17.0 Å². The summed E-state index contributed by atoms with van der Waals surface area (Å²) in [5.41, 5.74) is 0.365. The predicted molar refractivity (Wildman–Crippen MR) is 120 cm³/mol. The standard InChI is InChI=1S/C20H26N4O6S2/c1-19(2,3)30-18(26)22-13-10-31-14-8-7-11(9-12(14)21-15(13)25)16-23-24-17(29-16)20(4,5)32(6,27)28/h7-9,13H,10H2,1-6H3,(H,21,25)(H,22,26)/t13-/m0/s1. The summed E-state index contributed by atoms with van der Waals surface area (Å²) < 4.78 is 33.6. The van der Waals surface area contributed by atoms with Crippen molar-refractivity contribution in [3.05, 3.63) is 24.1 Å². The Morgan fingerprint density at radius 3 is 2.56 bits per heavy atom. The lowest BCUT2D eigenvalue weighted by molar-refractivity contribution is -0.117. The van der Waals surface area contributed by atoms with Crippen molar-refractivity contribution in [2.45, 2.75) is 55.9 Å². The Bertz CT molecular complexity index is 1150. The van der Waals surface area contributed by atoms with Gasteiger partial charge in [-0.05, 0) is 52.8 Å². The Hall–Kier alpha value is -2.60. The highest BCUT2D eigenvalue weighted by Crippen LogP contribution is 2.35. The molecule has 3 rings (SSSR count). The number of hydrogen-bond donors (Lipinski definition) is 2. The van der Waals surface area contributed by atoms with Crippen LogP contribution in [0.5, 0.6) is 0 Å². The number of ether oxygens (including phenoxy) is 1. The summed E-state index contributed by atoms with van der Waals surface area (Å²) in [4.78, 5) is 25.5. The largest absolute Gasteiger partial charge is 0.444 e. The van der Waals surface area contributed by atoms with Crippen LogP contribution in [0.15, 0.2) is 27.5 Å². The van der Waals surface area contributed by atoms with Gasteiger partial charge in [-0.2, -0.15) is 0 Å². The number of hydrogen-bond acceptors (Lipinski definition) is 9. The van der Waals surface area contributed by atoms with Crippen LogP contribution in [0.4, 0.5) is 10.5 Å². The molecule has 174 valence electrons.